The molecular weight excluding hydrogens is 512 g/mol. The fourth-order valence-corrected chi connectivity index (χ4v) is 5.93. The van der Waals surface area contributed by atoms with Gasteiger partial charge in [-0.05, 0) is 42.3 Å². The zero-order valence-corrected chi connectivity index (χ0v) is 21.6. The maximum Gasteiger partial charge on any atom is 0.264 e. The van der Waals surface area contributed by atoms with Crippen molar-refractivity contribution in [2.24, 2.45) is 5.73 Å². The number of fused-ring (bicyclic) bond motifs is 3. The van der Waals surface area contributed by atoms with Crippen molar-refractivity contribution in [2.45, 2.75) is 18.6 Å². The Morgan fingerprint density at radius 3 is 2.51 bits per heavy atom. The van der Waals surface area contributed by atoms with Crippen molar-refractivity contribution in [1.82, 2.24) is 19.2 Å². The predicted octanol–water partition coefficient (Wildman–Crippen LogP) is 3.30. The number of methoxy groups -OCH3 is 1. The SMILES string of the molecule is COc1ccc(NC(=O)CSc2nnc3n(Cc4ccccc4)c(=O)c4c(C)c(C(N)=O)sc4n23)cc1. The summed E-state index contributed by atoms with van der Waals surface area (Å²) < 4.78 is 8.38. The van der Waals surface area contributed by atoms with E-state index in [1.807, 2.05) is 30.3 Å². The highest BCUT2D eigenvalue weighted by atomic mass is 32.2. The van der Waals surface area contributed by atoms with E-state index in [1.165, 1.54) is 16.3 Å². The molecule has 0 radical (unpaired) electrons. The molecule has 3 heterocycles. The third kappa shape index (κ3) is 4.68. The van der Waals surface area contributed by atoms with E-state index in [4.69, 9.17) is 10.5 Å². The number of nitrogens with two attached hydrogens (primary N) is 1. The maximum absolute atomic E-state index is 13.6. The number of thiophene rings is 1. The molecular formula is C25H22N6O4S2. The summed E-state index contributed by atoms with van der Waals surface area (Å²) in [6, 6.07) is 16.5. The molecule has 3 aromatic heterocycles. The number of carbonyl (C=O) groups excluding carboxylic acids is 2. The number of aryl methyl sites for hydroxylation is 1. The van der Waals surface area contributed by atoms with Crippen molar-refractivity contribution in [3.05, 3.63) is 81.0 Å². The van der Waals surface area contributed by atoms with Gasteiger partial charge in [0.05, 0.1) is 29.7 Å². The third-order valence-electron chi connectivity index (χ3n) is 5.76. The van der Waals surface area contributed by atoms with Crippen molar-refractivity contribution in [3.8, 4) is 5.75 Å². The van der Waals surface area contributed by atoms with Crippen molar-refractivity contribution >= 4 is 56.6 Å². The zero-order valence-electron chi connectivity index (χ0n) is 19.9. The number of rotatable bonds is 8. The zero-order chi connectivity index (χ0) is 26.1. The lowest BCUT2D eigenvalue weighted by Gasteiger charge is -2.10. The number of thioether (sulfide) groups is 1. The molecule has 0 unspecified atom stereocenters. The van der Waals surface area contributed by atoms with Crippen LogP contribution in [0.25, 0.3) is 16.0 Å². The molecule has 37 heavy (non-hydrogen) atoms. The van der Waals surface area contributed by atoms with Gasteiger partial charge in [0.2, 0.25) is 11.7 Å². The normalized spacial score (nSPS) is 11.2. The number of anilines is 1. The minimum atomic E-state index is -0.609. The van der Waals surface area contributed by atoms with Crippen molar-refractivity contribution < 1.29 is 14.3 Å². The number of hydrogen-bond donors (Lipinski definition) is 2. The van der Waals surface area contributed by atoms with E-state index < -0.39 is 5.91 Å². The molecule has 2 aromatic carbocycles. The molecule has 12 heteroatoms. The molecule has 0 aliphatic rings. The molecule has 0 aliphatic carbocycles. The highest BCUT2D eigenvalue weighted by Gasteiger charge is 2.24. The van der Waals surface area contributed by atoms with E-state index in [1.54, 1.807) is 42.7 Å². The van der Waals surface area contributed by atoms with E-state index in [2.05, 4.69) is 15.5 Å². The van der Waals surface area contributed by atoms with E-state index in [9.17, 15) is 14.4 Å². The average Bonchev–Trinajstić information content (AvgIpc) is 3.47. The Kier molecular flexibility index (Phi) is 6.68. The lowest BCUT2D eigenvalue weighted by atomic mass is 10.2. The molecule has 0 atom stereocenters. The maximum atomic E-state index is 13.6. The van der Waals surface area contributed by atoms with E-state index in [0.29, 0.717) is 43.0 Å². The van der Waals surface area contributed by atoms with Gasteiger partial charge in [-0.15, -0.1) is 21.5 Å². The molecule has 2 amide bonds. The van der Waals surface area contributed by atoms with Gasteiger partial charge in [-0.1, -0.05) is 42.1 Å². The largest absolute Gasteiger partial charge is 0.497 e. The Morgan fingerprint density at radius 1 is 1.11 bits per heavy atom. The van der Waals surface area contributed by atoms with Crippen molar-refractivity contribution in [1.29, 1.82) is 0 Å². The van der Waals surface area contributed by atoms with E-state index >= 15 is 0 Å². The number of carbonyl (C=O) groups is 2. The van der Waals surface area contributed by atoms with Crippen LogP contribution >= 0.6 is 23.1 Å². The molecule has 0 saturated carbocycles. The van der Waals surface area contributed by atoms with Gasteiger partial charge in [-0.25, -0.2) is 4.40 Å². The number of amides is 2. The quantitative estimate of drug-likeness (QED) is 0.292. The molecule has 5 aromatic rings. The van der Waals surface area contributed by atoms with Gasteiger partial charge >= 0.3 is 0 Å². The van der Waals surface area contributed by atoms with E-state index in [0.717, 1.165) is 16.9 Å². The molecule has 0 fully saturated rings. The molecule has 0 aliphatic heterocycles. The van der Waals surface area contributed by atoms with Crippen LogP contribution < -0.4 is 21.3 Å². The number of aromatic nitrogens is 4. The minimum absolute atomic E-state index is 0.0547. The molecule has 3 N–H and O–H groups in total. The second kappa shape index (κ2) is 10.1. The number of ether oxygens (including phenoxy) is 1. The third-order valence-corrected chi connectivity index (χ3v) is 7.98. The van der Waals surface area contributed by atoms with Crippen molar-refractivity contribution in [3.63, 3.8) is 0 Å². The van der Waals surface area contributed by atoms with E-state index in [-0.39, 0.29) is 23.8 Å². The Hall–Kier alpha value is -4.16. The Balaban J connectivity index is 1.54. The Bertz CT molecular complexity index is 1690. The van der Waals surface area contributed by atoms with Crippen LogP contribution in [0.5, 0.6) is 5.75 Å². The summed E-state index contributed by atoms with van der Waals surface area (Å²) in [5.74, 6) is 0.216. The predicted molar refractivity (Wildman–Crippen MR) is 144 cm³/mol. The monoisotopic (exact) mass is 534 g/mol. The fraction of sp³-hybridized carbons (Fsp3) is 0.160. The first kappa shape index (κ1) is 24.5. The first-order valence-electron chi connectivity index (χ1n) is 11.2. The first-order chi connectivity index (χ1) is 17.9. The second-order valence-corrected chi connectivity index (χ2v) is 10.1. The van der Waals surface area contributed by atoms with Gasteiger partial charge in [0, 0.05) is 5.69 Å². The number of hydrogen-bond acceptors (Lipinski definition) is 8. The summed E-state index contributed by atoms with van der Waals surface area (Å²) in [7, 11) is 1.57. The molecule has 0 spiro atoms. The van der Waals surface area contributed by atoms with Crippen LogP contribution in [-0.2, 0) is 11.3 Å². The number of nitrogens with one attached hydrogen (secondary N) is 1. The van der Waals surface area contributed by atoms with Crippen LogP contribution in [-0.4, -0.2) is 43.8 Å². The van der Waals surface area contributed by atoms with Crippen LogP contribution in [0.2, 0.25) is 0 Å². The van der Waals surface area contributed by atoms with Crippen LogP contribution in [0.1, 0.15) is 20.8 Å². The number of primary amides is 1. The molecule has 188 valence electrons. The van der Waals surface area contributed by atoms with Gasteiger partial charge in [0.15, 0.2) is 5.16 Å². The molecule has 5 rings (SSSR count). The Morgan fingerprint density at radius 2 is 1.84 bits per heavy atom. The molecule has 0 bridgehead atoms. The summed E-state index contributed by atoms with van der Waals surface area (Å²) >= 11 is 2.30. The highest BCUT2D eigenvalue weighted by Crippen LogP contribution is 2.31. The first-order valence-corrected chi connectivity index (χ1v) is 13.0. The molecule has 10 nitrogen and oxygen atoms in total. The van der Waals surface area contributed by atoms with Gasteiger partial charge in [-0.2, -0.15) is 0 Å². The topological polar surface area (TPSA) is 134 Å². The smallest absolute Gasteiger partial charge is 0.264 e. The van der Waals surface area contributed by atoms with Crippen LogP contribution in [0, 0.1) is 6.92 Å². The fourth-order valence-electron chi connectivity index (χ4n) is 3.99. The number of nitrogens with zero attached hydrogens (tertiary/aromatic N) is 4. The second-order valence-electron chi connectivity index (χ2n) is 8.16. The van der Waals surface area contributed by atoms with Crippen LogP contribution in [0.4, 0.5) is 5.69 Å². The summed E-state index contributed by atoms with van der Waals surface area (Å²) in [5.41, 5.74) is 7.37. The average molecular weight is 535 g/mol. The van der Waals surface area contributed by atoms with Gasteiger partial charge in [-0.3, -0.25) is 19.0 Å². The van der Waals surface area contributed by atoms with Crippen molar-refractivity contribution in [2.75, 3.05) is 18.2 Å². The van der Waals surface area contributed by atoms with Gasteiger partial charge < -0.3 is 15.8 Å². The summed E-state index contributed by atoms with van der Waals surface area (Å²) in [6.07, 6.45) is 0. The van der Waals surface area contributed by atoms with Crippen LogP contribution in [0.3, 0.4) is 0 Å². The molecule has 0 saturated heterocycles. The summed E-state index contributed by atoms with van der Waals surface area (Å²) in [6.45, 7) is 1.97. The number of benzene rings is 2. The van der Waals surface area contributed by atoms with Gasteiger partial charge in [0.1, 0.15) is 10.6 Å². The Labute approximate surface area is 219 Å². The van der Waals surface area contributed by atoms with Gasteiger partial charge in [0.25, 0.3) is 11.5 Å². The minimum Gasteiger partial charge on any atom is -0.497 e. The lowest BCUT2D eigenvalue weighted by molar-refractivity contribution is -0.113. The summed E-state index contributed by atoms with van der Waals surface area (Å²) in [5, 5.41) is 12.2. The standard InChI is InChI=1S/C25H22N6O4S2/c1-14-19-22(34)30(12-15-6-4-3-5-7-15)24-28-29-25(31(24)23(19)37-20(14)21(26)33)36-13-18(32)27-16-8-10-17(35-2)11-9-16/h3-11H,12-13H2,1-2H3,(H2,26,33)(H,27,32). The lowest BCUT2D eigenvalue weighted by Crippen LogP contribution is -2.24. The highest BCUT2D eigenvalue weighted by molar-refractivity contribution is 7.99. The van der Waals surface area contributed by atoms with Crippen LogP contribution in [0.15, 0.2) is 64.5 Å². The summed E-state index contributed by atoms with van der Waals surface area (Å²) in [4.78, 5) is 39.1.